The largest absolute Gasteiger partial charge is 0.455 e. The molecule has 6 aromatic heterocycles. The van der Waals surface area contributed by atoms with Crippen molar-refractivity contribution < 1.29 is 31.1 Å². The summed E-state index contributed by atoms with van der Waals surface area (Å²) in [5.41, 5.74) is 26.6. The predicted molar refractivity (Wildman–Crippen MR) is 403 cm³/mol. The highest BCUT2D eigenvalue weighted by Gasteiger charge is 2.25. The summed E-state index contributed by atoms with van der Waals surface area (Å²) in [6.07, 6.45) is 6.10. The molecule has 0 N–H and O–H groups in total. The molecule has 18 aromatic rings. The third kappa shape index (κ3) is 10.6. The maximum atomic E-state index is 8.12. The molecular weight excluding hydrogens is 1180 g/mol. The van der Waals surface area contributed by atoms with Crippen molar-refractivity contribution in [2.45, 2.75) is 48.4 Å². The van der Waals surface area contributed by atoms with Crippen LogP contribution >= 0.6 is 0 Å². The van der Waals surface area contributed by atoms with Crippen molar-refractivity contribution in [3.05, 3.63) is 306 Å². The van der Waals surface area contributed by atoms with Gasteiger partial charge in [0, 0.05) is 88.0 Å². The van der Waals surface area contributed by atoms with Crippen LogP contribution in [0.2, 0.25) is 0 Å². The van der Waals surface area contributed by atoms with Crippen molar-refractivity contribution in [1.82, 2.24) is 0 Å². The summed E-state index contributed by atoms with van der Waals surface area (Å²) in [6.45, 7) is 10.9. The second-order valence-electron chi connectivity index (χ2n) is 26.1. The first-order chi connectivity index (χ1) is 48.4. The van der Waals surface area contributed by atoms with Gasteiger partial charge in [-0.3, -0.25) is 0 Å². The lowest BCUT2D eigenvalue weighted by atomic mass is 9.93. The van der Waals surface area contributed by atoms with E-state index >= 15 is 0 Å². The lowest BCUT2D eigenvalue weighted by Gasteiger charge is -2.12. The van der Waals surface area contributed by atoms with Gasteiger partial charge in [-0.1, -0.05) is 176 Å². The van der Waals surface area contributed by atoms with Gasteiger partial charge in [0.25, 0.3) is 0 Å². The van der Waals surface area contributed by atoms with Crippen molar-refractivity contribution in [3.63, 3.8) is 0 Å². The number of fused-ring (bicyclic) bond motifs is 15. The molecule has 97 heavy (non-hydrogen) atoms. The Kier molecular flexibility index (Phi) is 14.2. The van der Waals surface area contributed by atoms with Crippen LogP contribution in [0.15, 0.2) is 281 Å². The lowest BCUT2D eigenvalue weighted by molar-refractivity contribution is -0.660. The summed E-state index contributed by atoms with van der Waals surface area (Å²) in [4.78, 5) is 0. The molecule has 0 saturated carbocycles. The average Bonchev–Trinajstić information content (AvgIpc) is 1.57. The molecule has 0 radical (unpaired) electrons. The number of nitrogens with zero attached hydrogens (tertiary/aromatic N) is 3. The summed E-state index contributed by atoms with van der Waals surface area (Å²) < 4.78 is 50.1. The molecule has 468 valence electrons. The highest BCUT2D eigenvalue weighted by Crippen LogP contribution is 2.43. The van der Waals surface area contributed by atoms with Crippen LogP contribution < -0.4 is 13.7 Å². The molecule has 0 spiro atoms. The predicted octanol–water partition coefficient (Wildman–Crippen LogP) is 22.9. The molecule has 18 rings (SSSR count). The zero-order valence-electron chi connectivity index (χ0n) is 59.0. The van der Waals surface area contributed by atoms with E-state index in [2.05, 4.69) is 277 Å². The van der Waals surface area contributed by atoms with Gasteiger partial charge in [-0.2, -0.15) is 0 Å². The summed E-state index contributed by atoms with van der Waals surface area (Å²) >= 11 is 0. The van der Waals surface area contributed by atoms with Crippen molar-refractivity contribution >= 4 is 98.1 Å². The van der Waals surface area contributed by atoms with Crippen molar-refractivity contribution in [1.29, 1.82) is 0 Å². The number of benzene rings is 12. The number of pyridine rings is 3. The molecule has 6 heteroatoms. The van der Waals surface area contributed by atoms with Crippen molar-refractivity contribution in [2.75, 3.05) is 0 Å². The number of rotatable bonds is 6. The minimum atomic E-state index is -2.22. The summed E-state index contributed by atoms with van der Waals surface area (Å²) in [5.74, 6) is 0. The SMILES string of the molecule is Cc1c[n+](C)c(-c2cc3oc4c5ccccc5ccc4c3c(C)c2C)cc1-c1ccccc1.Cc1cc2c(cc1-c1cc(-c3ccccc3)cc[n+]1C)oc1c3ccccc3c(C)cc21.[2H]C([2H])([2H])c1c[n+](C)c(-c2cc3oc4c5ccccc5ccc4c3cc2C)cc1-c1ccccc1. The van der Waals surface area contributed by atoms with Gasteiger partial charge in [0.15, 0.2) is 18.6 Å². The van der Waals surface area contributed by atoms with Crippen LogP contribution in [0.3, 0.4) is 0 Å². The summed E-state index contributed by atoms with van der Waals surface area (Å²) in [7, 11) is 6.13. The third-order valence-corrected chi connectivity index (χ3v) is 20.0. The number of aryl methyl sites for hydroxylation is 9. The van der Waals surface area contributed by atoms with E-state index in [0.29, 0.717) is 11.1 Å². The fourth-order valence-corrected chi connectivity index (χ4v) is 14.8. The van der Waals surface area contributed by atoms with E-state index < -0.39 is 6.85 Å². The van der Waals surface area contributed by atoms with E-state index in [1.807, 2.05) is 60.1 Å². The van der Waals surface area contributed by atoms with E-state index in [1.165, 1.54) is 110 Å². The van der Waals surface area contributed by atoms with Crippen LogP contribution in [-0.4, -0.2) is 0 Å². The van der Waals surface area contributed by atoms with Crippen LogP contribution in [-0.2, 0) is 21.1 Å². The smallest absolute Gasteiger partial charge is 0.213 e. The van der Waals surface area contributed by atoms with Crippen LogP contribution in [0.25, 0.3) is 165 Å². The van der Waals surface area contributed by atoms with Gasteiger partial charge in [0.1, 0.15) is 54.6 Å². The molecule has 0 fully saturated rings. The summed E-state index contributed by atoms with van der Waals surface area (Å²) in [5, 5.41) is 14.0. The Morgan fingerprint density at radius 2 is 0.711 bits per heavy atom. The van der Waals surface area contributed by atoms with E-state index in [-0.39, 0.29) is 0 Å². The molecule has 0 unspecified atom stereocenters. The maximum Gasteiger partial charge on any atom is 0.213 e. The standard InChI is InChI=1S/C31H26NO.2C30H24NO/c1-19-18-32(4)28(16-26(19)22-10-6-5-7-11-22)27-17-29-30(21(3)20(27)2)25-15-14-23-12-8-9-13-24(23)31(25)33-29;1-19-16-27-26-15-20(2)25(18-29(26)32-30(27)24-12-8-7-11-23(19)24)28-17-22(13-14-31(28)3)21-9-5-4-6-10-21;1-19-15-27-24-14-13-22-11-7-8-12-23(22)30(24)32-29(27)17-26(19)28-16-25(20(2)18-31(28)3)21-9-5-4-6-10-21/h5-18H,1-4H3;2*4-18H,1-3H3/q3*+1/i;;2D3. The molecular formula is C91H74N3O3+3. The zero-order valence-corrected chi connectivity index (χ0v) is 56.0. The highest BCUT2D eigenvalue weighted by atomic mass is 16.3. The minimum Gasteiger partial charge on any atom is -0.455 e. The van der Waals surface area contributed by atoms with Gasteiger partial charge in [0.2, 0.25) is 17.1 Å². The Hall–Kier alpha value is -11.7. The van der Waals surface area contributed by atoms with E-state index in [4.69, 9.17) is 17.4 Å². The molecule has 12 aromatic carbocycles. The number of hydrogen-bond acceptors (Lipinski definition) is 3. The van der Waals surface area contributed by atoms with Gasteiger partial charge in [-0.05, 0) is 174 Å². The molecule has 0 aliphatic rings. The Morgan fingerprint density at radius 1 is 0.278 bits per heavy atom. The fraction of sp³-hybridized carbons (Fsp3) is 0.110. The second-order valence-corrected chi connectivity index (χ2v) is 26.1. The van der Waals surface area contributed by atoms with E-state index in [1.54, 1.807) is 6.20 Å². The highest BCUT2D eigenvalue weighted by molar-refractivity contribution is 6.19. The van der Waals surface area contributed by atoms with E-state index in [9.17, 15) is 0 Å². The normalized spacial score (nSPS) is 12.2. The van der Waals surface area contributed by atoms with Gasteiger partial charge < -0.3 is 13.3 Å². The van der Waals surface area contributed by atoms with Crippen LogP contribution in [0.1, 0.15) is 43.1 Å². The minimum absolute atomic E-state index is 0.337. The average molecular weight is 1260 g/mol. The first-order valence-electron chi connectivity index (χ1n) is 34.7. The number of aromatic nitrogens is 3. The molecule has 6 nitrogen and oxygen atoms in total. The second kappa shape index (κ2) is 24.2. The number of furan rings is 3. The van der Waals surface area contributed by atoms with Gasteiger partial charge in [0.05, 0.1) is 16.7 Å². The maximum absolute atomic E-state index is 8.12. The third-order valence-electron chi connectivity index (χ3n) is 20.0. The van der Waals surface area contributed by atoms with Crippen molar-refractivity contribution in [2.24, 2.45) is 21.1 Å². The first kappa shape index (κ1) is 56.8. The molecule has 0 aliphatic heterocycles. The van der Waals surface area contributed by atoms with Crippen molar-refractivity contribution in [3.8, 4) is 67.2 Å². The van der Waals surface area contributed by atoms with Crippen LogP contribution in [0.4, 0.5) is 0 Å². The Morgan fingerprint density at radius 3 is 1.31 bits per heavy atom. The topological polar surface area (TPSA) is 51.1 Å². The molecule has 0 atom stereocenters. The first-order valence-corrected chi connectivity index (χ1v) is 33.2. The van der Waals surface area contributed by atoms with E-state index in [0.717, 1.165) is 82.8 Å². The lowest BCUT2D eigenvalue weighted by Crippen LogP contribution is -2.31. The van der Waals surface area contributed by atoms with Gasteiger partial charge in [-0.15, -0.1) is 0 Å². The van der Waals surface area contributed by atoms with Crippen LogP contribution in [0.5, 0.6) is 0 Å². The fourth-order valence-electron chi connectivity index (χ4n) is 14.8. The monoisotopic (exact) mass is 1260 g/mol. The molecule has 0 amide bonds. The molecule has 0 bridgehead atoms. The number of hydrogen-bond donors (Lipinski definition) is 0. The van der Waals surface area contributed by atoms with Gasteiger partial charge >= 0.3 is 0 Å². The molecule has 6 heterocycles. The zero-order chi connectivity index (χ0) is 68.8. The van der Waals surface area contributed by atoms with Crippen LogP contribution in [0, 0.1) is 48.4 Å². The molecule has 0 aliphatic carbocycles. The quantitative estimate of drug-likeness (QED) is 0.156. The Labute approximate surface area is 569 Å². The molecule has 0 saturated heterocycles. The Bertz CT molecular complexity index is 6300. The summed E-state index contributed by atoms with van der Waals surface area (Å²) in [6, 6.07) is 86.7. The Balaban J connectivity index is 0.000000117. The van der Waals surface area contributed by atoms with Gasteiger partial charge in [-0.25, -0.2) is 13.7 Å².